The molecule has 1 aliphatic rings. The number of aromatic hydroxyl groups is 1. The Morgan fingerprint density at radius 1 is 1.02 bits per heavy atom. The number of methoxy groups -OCH3 is 1. The number of hydrogen-bond donors (Lipinski definition) is 2. The lowest BCUT2D eigenvalue weighted by atomic mass is 9.95. The summed E-state index contributed by atoms with van der Waals surface area (Å²) in [5.41, 5.74) is 2.95. The van der Waals surface area contributed by atoms with Crippen molar-refractivity contribution in [3.63, 3.8) is 0 Å². The third-order valence-electron chi connectivity index (χ3n) is 6.61. The van der Waals surface area contributed by atoms with Crippen molar-refractivity contribution in [3.8, 4) is 11.5 Å². The zero-order chi connectivity index (χ0) is 29.3. The van der Waals surface area contributed by atoms with Gasteiger partial charge in [0.25, 0.3) is 5.78 Å². The number of hydrogen-bond acceptors (Lipinski definition) is 9. The van der Waals surface area contributed by atoms with Crippen LogP contribution in [0.3, 0.4) is 0 Å². The van der Waals surface area contributed by atoms with Crippen LogP contribution in [-0.2, 0) is 20.9 Å². The number of benzene rings is 3. The molecule has 1 fully saturated rings. The lowest BCUT2D eigenvalue weighted by molar-refractivity contribution is -0.132. The van der Waals surface area contributed by atoms with Crippen molar-refractivity contribution in [2.75, 3.05) is 12.0 Å². The Hall–Kier alpha value is -4.96. The van der Waals surface area contributed by atoms with Gasteiger partial charge in [0.05, 0.1) is 24.4 Å². The molecule has 9 nitrogen and oxygen atoms in total. The number of thiazole rings is 1. The highest BCUT2D eigenvalue weighted by atomic mass is 32.1. The summed E-state index contributed by atoms with van der Waals surface area (Å²) < 4.78 is 10.7. The number of amides is 1. The van der Waals surface area contributed by atoms with Crippen LogP contribution >= 0.6 is 11.3 Å². The van der Waals surface area contributed by atoms with Gasteiger partial charge in [-0.05, 0) is 61.4 Å². The molecule has 1 aliphatic heterocycles. The predicted octanol–water partition coefficient (Wildman–Crippen LogP) is 5.46. The van der Waals surface area contributed by atoms with E-state index in [0.717, 1.165) is 27.4 Å². The fraction of sp³-hybridized carbons (Fsp3) is 0.161. The molecule has 0 spiro atoms. The number of aliphatic hydroxyl groups excluding tert-OH is 1. The summed E-state index contributed by atoms with van der Waals surface area (Å²) in [6.45, 7) is 3.95. The number of nitrogens with zero attached hydrogens (tertiary/aromatic N) is 2. The third kappa shape index (κ3) is 5.42. The van der Waals surface area contributed by atoms with E-state index in [2.05, 4.69) is 4.98 Å². The maximum atomic E-state index is 13.4. The SMILES string of the molecule is COC(=O)c1sc(N2C(=O)C(=O)C(=C(O)c3ccc(OCc4cccc(C)c4)cc3)C2c2cccc(O)c2)nc1C. The van der Waals surface area contributed by atoms with Crippen LogP contribution in [-0.4, -0.2) is 40.0 Å². The van der Waals surface area contributed by atoms with E-state index < -0.39 is 29.5 Å². The highest BCUT2D eigenvalue weighted by molar-refractivity contribution is 7.17. The minimum absolute atomic E-state index is 0.0808. The number of aryl methyl sites for hydroxylation is 2. The number of Topliss-reactive ketones (excluding diaryl/α,β-unsaturated/α-hetero) is 1. The average Bonchev–Trinajstić information content (AvgIpc) is 3.47. The molecule has 1 unspecified atom stereocenters. The van der Waals surface area contributed by atoms with Crippen LogP contribution in [0.4, 0.5) is 5.13 Å². The van der Waals surface area contributed by atoms with E-state index in [-0.39, 0.29) is 21.3 Å². The highest BCUT2D eigenvalue weighted by Gasteiger charge is 2.48. The summed E-state index contributed by atoms with van der Waals surface area (Å²) in [6, 6.07) is 19.4. The molecule has 208 valence electrons. The summed E-state index contributed by atoms with van der Waals surface area (Å²) in [5.74, 6) is -2.41. The van der Waals surface area contributed by atoms with Gasteiger partial charge < -0.3 is 19.7 Å². The van der Waals surface area contributed by atoms with Crippen LogP contribution in [0.15, 0.2) is 78.4 Å². The molecule has 0 bridgehead atoms. The fourth-order valence-corrected chi connectivity index (χ4v) is 5.65. The summed E-state index contributed by atoms with van der Waals surface area (Å²) in [6.07, 6.45) is 0. The summed E-state index contributed by atoms with van der Waals surface area (Å²) in [4.78, 5) is 44.7. The number of aromatic nitrogens is 1. The van der Waals surface area contributed by atoms with Crippen molar-refractivity contribution in [1.29, 1.82) is 0 Å². The predicted molar refractivity (Wildman–Crippen MR) is 153 cm³/mol. The van der Waals surface area contributed by atoms with Crippen molar-refractivity contribution in [1.82, 2.24) is 4.98 Å². The number of phenols is 1. The third-order valence-corrected chi connectivity index (χ3v) is 7.75. The molecule has 0 saturated carbocycles. The highest BCUT2D eigenvalue weighted by Crippen LogP contribution is 2.44. The number of ether oxygens (including phenoxy) is 2. The van der Waals surface area contributed by atoms with Gasteiger partial charge in [0, 0.05) is 5.56 Å². The van der Waals surface area contributed by atoms with Crippen LogP contribution in [0.1, 0.15) is 43.7 Å². The smallest absolute Gasteiger partial charge is 0.350 e. The molecule has 1 saturated heterocycles. The monoisotopic (exact) mass is 570 g/mol. The number of esters is 1. The van der Waals surface area contributed by atoms with Crippen LogP contribution < -0.4 is 9.64 Å². The second-order valence-corrected chi connectivity index (χ2v) is 10.4. The van der Waals surface area contributed by atoms with Gasteiger partial charge in [-0.2, -0.15) is 0 Å². The molecule has 3 aromatic carbocycles. The zero-order valence-electron chi connectivity index (χ0n) is 22.5. The Kier molecular flexibility index (Phi) is 7.58. The van der Waals surface area contributed by atoms with E-state index in [1.54, 1.807) is 43.3 Å². The van der Waals surface area contributed by atoms with Gasteiger partial charge in [0.15, 0.2) is 5.13 Å². The number of ketones is 1. The first-order chi connectivity index (χ1) is 19.7. The molecular formula is C31H26N2O7S. The molecule has 0 radical (unpaired) electrons. The largest absolute Gasteiger partial charge is 0.508 e. The summed E-state index contributed by atoms with van der Waals surface area (Å²) in [5, 5.41) is 21.6. The molecule has 41 heavy (non-hydrogen) atoms. The van der Waals surface area contributed by atoms with E-state index in [9.17, 15) is 24.6 Å². The lowest BCUT2D eigenvalue weighted by Crippen LogP contribution is -2.29. The molecule has 1 aromatic heterocycles. The number of rotatable bonds is 7. The summed E-state index contributed by atoms with van der Waals surface area (Å²) >= 11 is 0.898. The summed E-state index contributed by atoms with van der Waals surface area (Å²) in [7, 11) is 1.24. The standard InChI is InChI=1S/C31H26N2O7S/c1-17-6-4-7-19(14-17)16-40-23-12-10-20(11-13-23)26(35)24-25(21-8-5-9-22(34)15-21)33(29(37)27(24)36)31-32-18(2)28(41-31)30(38)39-3/h4-15,25,34-35H,16H2,1-3H3. The number of carbonyl (C=O) groups is 3. The van der Waals surface area contributed by atoms with Crippen molar-refractivity contribution in [3.05, 3.63) is 111 Å². The van der Waals surface area contributed by atoms with Crippen LogP contribution in [0, 0.1) is 13.8 Å². The fourth-order valence-electron chi connectivity index (χ4n) is 4.64. The van der Waals surface area contributed by atoms with Gasteiger partial charge in [-0.1, -0.05) is 53.3 Å². The molecule has 5 rings (SSSR count). The quantitative estimate of drug-likeness (QED) is 0.130. The second-order valence-electron chi connectivity index (χ2n) is 9.47. The van der Waals surface area contributed by atoms with E-state index in [1.807, 2.05) is 31.2 Å². The maximum Gasteiger partial charge on any atom is 0.350 e. The van der Waals surface area contributed by atoms with E-state index in [0.29, 0.717) is 29.2 Å². The topological polar surface area (TPSA) is 126 Å². The van der Waals surface area contributed by atoms with E-state index in [1.165, 1.54) is 19.2 Å². The Balaban J connectivity index is 1.53. The number of carbonyl (C=O) groups excluding carboxylic acids is 3. The molecule has 10 heteroatoms. The van der Waals surface area contributed by atoms with E-state index >= 15 is 0 Å². The minimum atomic E-state index is -1.12. The molecule has 4 aromatic rings. The Labute approximate surface area is 239 Å². The molecular weight excluding hydrogens is 544 g/mol. The van der Waals surface area contributed by atoms with Crippen molar-refractivity contribution < 1.29 is 34.1 Å². The maximum absolute atomic E-state index is 13.4. The normalized spacial score (nSPS) is 16.2. The van der Waals surface area contributed by atoms with Crippen molar-refractivity contribution in [2.24, 2.45) is 0 Å². The van der Waals surface area contributed by atoms with Crippen LogP contribution in [0.25, 0.3) is 5.76 Å². The van der Waals surface area contributed by atoms with Gasteiger partial charge in [-0.25, -0.2) is 9.78 Å². The number of anilines is 1. The van der Waals surface area contributed by atoms with Crippen molar-refractivity contribution in [2.45, 2.75) is 26.5 Å². The Morgan fingerprint density at radius 2 is 1.76 bits per heavy atom. The molecule has 1 atom stereocenters. The average molecular weight is 571 g/mol. The van der Waals surface area contributed by atoms with Gasteiger partial charge in [-0.3, -0.25) is 14.5 Å². The zero-order valence-corrected chi connectivity index (χ0v) is 23.3. The number of aliphatic hydroxyl groups is 1. The van der Waals surface area contributed by atoms with Crippen LogP contribution in [0.5, 0.6) is 11.5 Å². The Morgan fingerprint density at radius 3 is 2.44 bits per heavy atom. The van der Waals surface area contributed by atoms with Crippen molar-refractivity contribution >= 4 is 39.9 Å². The first-order valence-corrected chi connectivity index (χ1v) is 13.4. The van der Waals surface area contributed by atoms with E-state index in [4.69, 9.17) is 9.47 Å². The molecule has 2 N–H and O–H groups in total. The second kappa shape index (κ2) is 11.3. The molecule has 1 amide bonds. The number of phenolic OH excluding ortho intramolecular Hbond substituents is 1. The first-order valence-electron chi connectivity index (χ1n) is 12.6. The van der Waals surface area contributed by atoms with Gasteiger partial charge >= 0.3 is 11.9 Å². The first kappa shape index (κ1) is 27.6. The minimum Gasteiger partial charge on any atom is -0.508 e. The Bertz CT molecular complexity index is 1690. The molecule has 2 heterocycles. The van der Waals surface area contributed by atoms with Gasteiger partial charge in [0.2, 0.25) is 0 Å². The van der Waals surface area contributed by atoms with Gasteiger partial charge in [-0.15, -0.1) is 0 Å². The van der Waals surface area contributed by atoms with Gasteiger partial charge in [0.1, 0.15) is 28.7 Å². The van der Waals surface area contributed by atoms with Crippen LogP contribution in [0.2, 0.25) is 0 Å². The lowest BCUT2D eigenvalue weighted by Gasteiger charge is -2.23. The molecule has 0 aliphatic carbocycles.